The Kier molecular flexibility index (Phi) is 7.99. The highest BCUT2D eigenvalue weighted by molar-refractivity contribution is 6.33. The molecule has 0 radical (unpaired) electrons. The van der Waals surface area contributed by atoms with E-state index in [0.29, 0.717) is 60.8 Å². The zero-order valence-electron chi connectivity index (χ0n) is 23.8. The molecule has 1 fully saturated rings. The monoisotopic (exact) mass is 589 g/mol. The molecule has 6 rings (SSSR count). The summed E-state index contributed by atoms with van der Waals surface area (Å²) in [6.07, 6.45) is 3.31. The van der Waals surface area contributed by atoms with Crippen LogP contribution in [-0.4, -0.2) is 59.4 Å². The summed E-state index contributed by atoms with van der Waals surface area (Å²) >= 11 is 6.68. The minimum absolute atomic E-state index is 0.0617. The van der Waals surface area contributed by atoms with Gasteiger partial charge < -0.3 is 28.5 Å². The lowest BCUT2D eigenvalue weighted by atomic mass is 10.0. The Labute approximate surface area is 249 Å². The van der Waals surface area contributed by atoms with Crippen molar-refractivity contribution in [3.8, 4) is 22.8 Å². The van der Waals surface area contributed by atoms with Gasteiger partial charge in [0.1, 0.15) is 23.0 Å². The van der Waals surface area contributed by atoms with Crippen LogP contribution in [0.2, 0.25) is 5.02 Å². The van der Waals surface area contributed by atoms with Crippen molar-refractivity contribution in [1.29, 1.82) is 0 Å². The highest BCUT2D eigenvalue weighted by atomic mass is 35.5. The van der Waals surface area contributed by atoms with Gasteiger partial charge in [-0.25, -0.2) is 9.97 Å². The lowest BCUT2D eigenvalue weighted by Gasteiger charge is -2.35. The average molecular weight is 590 g/mol. The Morgan fingerprint density at radius 2 is 1.93 bits per heavy atom. The van der Waals surface area contributed by atoms with Crippen LogP contribution in [-0.2, 0) is 24.4 Å². The summed E-state index contributed by atoms with van der Waals surface area (Å²) in [5, 5.41) is 4.45. The zero-order chi connectivity index (χ0) is 29.2. The minimum Gasteiger partial charge on any atom is -0.497 e. The second kappa shape index (κ2) is 12.0. The third-order valence-electron chi connectivity index (χ3n) is 7.75. The van der Waals surface area contributed by atoms with Crippen molar-refractivity contribution in [2.75, 3.05) is 32.3 Å². The molecule has 2 aliphatic rings. The van der Waals surface area contributed by atoms with Gasteiger partial charge in [0, 0.05) is 61.2 Å². The van der Waals surface area contributed by atoms with E-state index in [1.54, 1.807) is 25.3 Å². The molecule has 0 atom stereocenters. The van der Waals surface area contributed by atoms with Crippen molar-refractivity contribution in [2.45, 2.75) is 45.4 Å². The van der Waals surface area contributed by atoms with Crippen LogP contribution in [0.3, 0.4) is 0 Å². The van der Waals surface area contributed by atoms with Crippen LogP contribution in [0.15, 0.2) is 53.2 Å². The van der Waals surface area contributed by atoms with E-state index in [2.05, 4.69) is 15.0 Å². The molecule has 0 unspecified atom stereocenters. The molecule has 2 aliphatic heterocycles. The van der Waals surface area contributed by atoms with Gasteiger partial charge in [0.25, 0.3) is 5.91 Å². The SMILES string of the molecule is COc1ccc(CN(c2ncc(Cl)c(-c3ccc4c(c3)C(=O)N(Cc3cc(C)on3)C4)n2)C2CCOCC2)c(OC)c1. The number of carbonyl (C=O) groups excluding carboxylic acids is 1. The second-order valence-electron chi connectivity index (χ2n) is 10.5. The molecule has 0 N–H and O–H groups in total. The molecule has 42 heavy (non-hydrogen) atoms. The number of benzene rings is 2. The predicted molar refractivity (Wildman–Crippen MR) is 157 cm³/mol. The number of hydrogen-bond donors (Lipinski definition) is 0. The smallest absolute Gasteiger partial charge is 0.254 e. The van der Waals surface area contributed by atoms with E-state index in [0.717, 1.165) is 46.7 Å². The number of fused-ring (bicyclic) bond motifs is 1. The topological polar surface area (TPSA) is 103 Å². The van der Waals surface area contributed by atoms with Gasteiger partial charge in [-0.05, 0) is 43.5 Å². The lowest BCUT2D eigenvalue weighted by Crippen LogP contribution is -2.40. The molecule has 11 heteroatoms. The summed E-state index contributed by atoms with van der Waals surface area (Å²) in [5.74, 6) is 2.65. The van der Waals surface area contributed by atoms with Crippen LogP contribution in [0.1, 0.15) is 45.8 Å². The van der Waals surface area contributed by atoms with Crippen LogP contribution >= 0.6 is 11.6 Å². The number of hydrogen-bond acceptors (Lipinski definition) is 9. The third-order valence-corrected chi connectivity index (χ3v) is 8.02. The maximum Gasteiger partial charge on any atom is 0.254 e. The Hall–Kier alpha value is -4.15. The second-order valence-corrected chi connectivity index (χ2v) is 10.9. The Balaban J connectivity index is 1.31. The fourth-order valence-corrected chi connectivity index (χ4v) is 5.75. The van der Waals surface area contributed by atoms with Gasteiger partial charge in [0.2, 0.25) is 5.95 Å². The Morgan fingerprint density at radius 1 is 1.10 bits per heavy atom. The van der Waals surface area contributed by atoms with Crippen molar-refractivity contribution in [1.82, 2.24) is 20.0 Å². The molecule has 0 bridgehead atoms. The normalized spacial score (nSPS) is 15.1. The molecule has 2 aromatic carbocycles. The molecular weight excluding hydrogens is 558 g/mol. The number of rotatable bonds is 9. The minimum atomic E-state index is -0.0617. The van der Waals surface area contributed by atoms with Crippen molar-refractivity contribution in [3.05, 3.63) is 81.8 Å². The maximum atomic E-state index is 13.3. The van der Waals surface area contributed by atoms with E-state index in [-0.39, 0.29) is 11.9 Å². The van der Waals surface area contributed by atoms with Gasteiger partial charge in [-0.1, -0.05) is 28.9 Å². The van der Waals surface area contributed by atoms with Crippen LogP contribution in [0.25, 0.3) is 11.3 Å². The largest absolute Gasteiger partial charge is 0.497 e. The molecule has 218 valence electrons. The summed E-state index contributed by atoms with van der Waals surface area (Å²) < 4.78 is 21.9. The highest BCUT2D eigenvalue weighted by Crippen LogP contribution is 2.34. The summed E-state index contributed by atoms with van der Waals surface area (Å²) in [6, 6.07) is 13.6. The van der Waals surface area contributed by atoms with Gasteiger partial charge in [0.05, 0.1) is 37.7 Å². The number of aryl methyl sites for hydroxylation is 1. The van der Waals surface area contributed by atoms with Gasteiger partial charge >= 0.3 is 0 Å². The number of methoxy groups -OCH3 is 2. The quantitative estimate of drug-likeness (QED) is 0.252. The van der Waals surface area contributed by atoms with E-state index in [1.165, 1.54) is 0 Å². The van der Waals surface area contributed by atoms with E-state index in [4.69, 9.17) is 35.3 Å². The fourth-order valence-electron chi connectivity index (χ4n) is 5.55. The fraction of sp³-hybridized carbons (Fsp3) is 0.355. The van der Waals surface area contributed by atoms with Crippen LogP contribution in [0.4, 0.5) is 5.95 Å². The van der Waals surface area contributed by atoms with E-state index < -0.39 is 0 Å². The molecule has 0 saturated carbocycles. The van der Waals surface area contributed by atoms with Crippen LogP contribution in [0, 0.1) is 6.92 Å². The van der Waals surface area contributed by atoms with Crippen LogP contribution in [0.5, 0.6) is 11.5 Å². The van der Waals surface area contributed by atoms with Gasteiger partial charge in [-0.2, -0.15) is 0 Å². The molecule has 10 nitrogen and oxygen atoms in total. The molecule has 4 heterocycles. The molecule has 1 saturated heterocycles. The summed E-state index contributed by atoms with van der Waals surface area (Å²) in [6.45, 7) is 4.58. The van der Waals surface area contributed by atoms with Crippen LogP contribution < -0.4 is 14.4 Å². The standard InChI is InChI=1S/C31H32ClN5O5/c1-19-12-23(35-42-19)18-36-16-21-5-4-20(13-26(21)30(36)38)29-27(32)15-33-31(34-29)37(24-8-10-41-11-9-24)17-22-6-7-25(39-2)14-28(22)40-3/h4-7,12-15,24H,8-11,16-18H2,1-3H3. The Bertz CT molecular complexity index is 1600. The zero-order valence-corrected chi connectivity index (χ0v) is 24.6. The van der Waals surface area contributed by atoms with E-state index in [9.17, 15) is 4.79 Å². The number of amides is 1. The molecule has 0 aliphatic carbocycles. The highest BCUT2D eigenvalue weighted by Gasteiger charge is 2.30. The average Bonchev–Trinajstić information content (AvgIpc) is 3.57. The number of nitrogens with zero attached hydrogens (tertiary/aromatic N) is 5. The molecule has 1 amide bonds. The van der Waals surface area contributed by atoms with E-state index >= 15 is 0 Å². The molecule has 4 aromatic rings. The first-order chi connectivity index (χ1) is 20.4. The number of halogens is 1. The maximum absolute atomic E-state index is 13.3. The summed E-state index contributed by atoms with van der Waals surface area (Å²) in [7, 11) is 3.28. The molecular formula is C31H32ClN5O5. The third kappa shape index (κ3) is 5.64. The lowest BCUT2D eigenvalue weighted by molar-refractivity contribution is 0.0763. The summed E-state index contributed by atoms with van der Waals surface area (Å²) in [4.78, 5) is 26.9. The number of carbonyl (C=O) groups is 1. The van der Waals surface area contributed by atoms with Gasteiger partial charge in [-0.3, -0.25) is 4.79 Å². The van der Waals surface area contributed by atoms with Gasteiger partial charge in [-0.15, -0.1) is 0 Å². The number of ether oxygens (including phenoxy) is 3. The van der Waals surface area contributed by atoms with Crippen molar-refractivity contribution in [2.24, 2.45) is 0 Å². The first kappa shape index (κ1) is 28.0. The molecule has 0 spiro atoms. The van der Waals surface area contributed by atoms with Gasteiger partial charge in [0.15, 0.2) is 0 Å². The number of anilines is 1. The Morgan fingerprint density at radius 3 is 2.67 bits per heavy atom. The first-order valence-electron chi connectivity index (χ1n) is 13.9. The first-order valence-corrected chi connectivity index (χ1v) is 14.2. The number of aromatic nitrogens is 3. The molecule has 2 aromatic heterocycles. The van der Waals surface area contributed by atoms with Crippen molar-refractivity contribution in [3.63, 3.8) is 0 Å². The van der Waals surface area contributed by atoms with Crippen molar-refractivity contribution < 1.29 is 23.5 Å². The van der Waals surface area contributed by atoms with E-state index in [1.807, 2.05) is 49.4 Å². The predicted octanol–water partition coefficient (Wildman–Crippen LogP) is 5.45. The van der Waals surface area contributed by atoms with Crippen molar-refractivity contribution >= 4 is 23.5 Å². The summed E-state index contributed by atoms with van der Waals surface area (Å²) in [5.41, 5.74) is 4.61.